The van der Waals surface area contributed by atoms with Crippen LogP contribution in [0.4, 0.5) is 14.6 Å². The highest BCUT2D eigenvalue weighted by Gasteiger charge is 2.49. The molecule has 2 aromatic carbocycles. The summed E-state index contributed by atoms with van der Waals surface area (Å²) in [6, 6.07) is 5.65. The fraction of sp³-hybridized carbons (Fsp3) is 0.463. The molecule has 8 rings (SSSR count). The molecule has 2 aliphatic heterocycles. The highest BCUT2D eigenvalue weighted by Crippen LogP contribution is 2.49. The Labute approximate surface area is 312 Å². The van der Waals surface area contributed by atoms with Crippen LogP contribution in [0.25, 0.3) is 32.9 Å². The van der Waals surface area contributed by atoms with Crippen molar-refractivity contribution in [2.45, 2.75) is 83.9 Å². The van der Waals surface area contributed by atoms with Gasteiger partial charge in [0.15, 0.2) is 5.82 Å². The third-order valence-corrected chi connectivity index (χ3v) is 11.8. The summed E-state index contributed by atoms with van der Waals surface area (Å²) in [5, 5.41) is 26.8. The second-order valence-electron chi connectivity index (χ2n) is 15.5. The zero-order valence-corrected chi connectivity index (χ0v) is 31.0. The smallest absolute Gasteiger partial charge is 0.319 e. The number of aryl methyl sites for hydroxylation is 2. The summed E-state index contributed by atoms with van der Waals surface area (Å²) in [6.07, 6.45) is 12.0. The topological polar surface area (TPSA) is 130 Å². The Kier molecular flexibility index (Phi) is 9.09. The molecule has 282 valence electrons. The van der Waals surface area contributed by atoms with Crippen LogP contribution in [0, 0.1) is 43.2 Å². The van der Waals surface area contributed by atoms with E-state index < -0.39 is 17.2 Å². The van der Waals surface area contributed by atoms with E-state index >= 15 is 8.78 Å². The summed E-state index contributed by atoms with van der Waals surface area (Å²) in [4.78, 5) is 18.6. The number of ether oxygens (including phenoxy) is 2. The number of rotatable bonds is 8. The maximum atomic E-state index is 17.3. The van der Waals surface area contributed by atoms with Gasteiger partial charge in [-0.3, -0.25) is 4.90 Å². The number of terminal acetylenes is 1. The Hall–Kier alpha value is -5.06. The Morgan fingerprint density at radius 2 is 1.85 bits per heavy atom. The molecule has 13 heteroatoms. The summed E-state index contributed by atoms with van der Waals surface area (Å²) in [6.45, 7) is 8.49. The Balaban J connectivity index is 1.25. The largest absolute Gasteiger partial charge is 0.508 e. The van der Waals surface area contributed by atoms with Gasteiger partial charge in [-0.1, -0.05) is 23.6 Å². The van der Waals surface area contributed by atoms with Crippen molar-refractivity contribution in [1.82, 2.24) is 25.0 Å². The van der Waals surface area contributed by atoms with Crippen LogP contribution >= 0.6 is 0 Å². The number of phenols is 1. The molecule has 1 aliphatic carbocycles. The molecule has 3 atom stereocenters. The van der Waals surface area contributed by atoms with Crippen molar-refractivity contribution in [2.75, 3.05) is 38.3 Å². The lowest BCUT2D eigenvalue weighted by molar-refractivity contribution is -0.00481. The molecule has 2 N–H and O–H groups in total. The molecular weight excluding hydrogens is 694 g/mol. The molecule has 2 saturated heterocycles. The monoisotopic (exact) mass is 738 g/mol. The highest BCUT2D eigenvalue weighted by atomic mass is 19.1. The van der Waals surface area contributed by atoms with Crippen LogP contribution in [0.3, 0.4) is 0 Å². The molecule has 0 radical (unpaired) electrons. The number of hydrogen-bond donors (Lipinski definition) is 2. The summed E-state index contributed by atoms with van der Waals surface area (Å²) >= 11 is 0. The number of anilines is 1. The number of hydrogen-bond acceptors (Lipinski definition) is 11. The number of nitrogens with zero attached hydrogens (tertiary/aromatic N) is 6. The van der Waals surface area contributed by atoms with Crippen molar-refractivity contribution < 1.29 is 33.0 Å². The Morgan fingerprint density at radius 1 is 1.06 bits per heavy atom. The quantitative estimate of drug-likeness (QED) is 0.160. The van der Waals surface area contributed by atoms with Crippen molar-refractivity contribution in [3.63, 3.8) is 0 Å². The lowest BCUT2D eigenvalue weighted by Crippen LogP contribution is -2.51. The molecule has 0 spiro atoms. The van der Waals surface area contributed by atoms with Gasteiger partial charge in [0.05, 0.1) is 30.6 Å². The molecular formula is C41H44F2N6O5. The highest BCUT2D eigenvalue weighted by molar-refractivity contribution is 6.04. The molecule has 3 aliphatic rings. The predicted molar refractivity (Wildman–Crippen MR) is 200 cm³/mol. The normalized spacial score (nSPS) is 23.1. The van der Waals surface area contributed by atoms with Crippen LogP contribution in [0.5, 0.6) is 17.6 Å². The fourth-order valence-corrected chi connectivity index (χ4v) is 9.22. The van der Waals surface area contributed by atoms with Crippen molar-refractivity contribution >= 4 is 27.5 Å². The number of aromatic hydroxyl groups is 1. The minimum atomic E-state index is -1.02. The van der Waals surface area contributed by atoms with E-state index in [1.165, 1.54) is 31.4 Å². The Bertz CT molecular complexity index is 2300. The summed E-state index contributed by atoms with van der Waals surface area (Å²) in [5.74, 6) is 1.86. The lowest BCUT2D eigenvalue weighted by atomic mass is 9.75. The van der Waals surface area contributed by atoms with Crippen LogP contribution < -0.4 is 14.4 Å². The average Bonchev–Trinajstić information content (AvgIpc) is 3.73. The minimum absolute atomic E-state index is 0.0139. The molecule has 0 bridgehead atoms. The molecule has 3 aromatic heterocycles. The minimum Gasteiger partial charge on any atom is -0.508 e. The first-order valence-electron chi connectivity index (χ1n) is 18.6. The standard InChI is InChI=1S/C41H44F2N6O5/c1-6-27-30(42)12-11-25-18-26(50)19-28(32(25)27)35-34(43)36-33(38(44-35)52-5)37(49-17-8-13-40(4,51)21-49)46-39(45-36)53-22-41-14-7-10-31(41)48(16-9-15-41)20-29-23(2)47-54-24(29)3/h1,11-12,18-19,31,50-51H,7-10,13-17,20-22H2,2-5H3. The van der Waals surface area contributed by atoms with Crippen LogP contribution in [0.1, 0.15) is 74.5 Å². The van der Waals surface area contributed by atoms with Crippen molar-refractivity contribution in [3.8, 4) is 41.2 Å². The molecule has 0 amide bonds. The number of aliphatic hydroxyl groups is 1. The summed E-state index contributed by atoms with van der Waals surface area (Å²) in [5.41, 5.74) is 0.455. The van der Waals surface area contributed by atoms with E-state index in [4.69, 9.17) is 30.4 Å². The SMILES string of the molecule is C#Cc1c(F)ccc2cc(O)cc(-c3nc(OC)c4c(N5CCCC(C)(O)C5)nc(OCC56CCCC5N(Cc5c(C)noc5C)CCC6)nc4c3F)c12. The van der Waals surface area contributed by atoms with Crippen molar-refractivity contribution in [3.05, 3.63) is 58.5 Å². The molecule has 5 aromatic rings. The van der Waals surface area contributed by atoms with Crippen molar-refractivity contribution in [2.24, 2.45) is 5.41 Å². The number of β-amino-alcohol motifs (C(OH)–C–C–N with tert-alkyl or cyclic N) is 1. The van der Waals surface area contributed by atoms with E-state index in [2.05, 4.69) is 21.0 Å². The van der Waals surface area contributed by atoms with Crippen molar-refractivity contribution in [1.29, 1.82) is 0 Å². The number of pyridine rings is 1. The van der Waals surface area contributed by atoms with E-state index in [9.17, 15) is 10.2 Å². The van der Waals surface area contributed by atoms with Crippen LogP contribution in [-0.4, -0.2) is 80.2 Å². The van der Waals surface area contributed by atoms with Gasteiger partial charge in [-0.25, -0.2) is 13.8 Å². The van der Waals surface area contributed by atoms with Crippen LogP contribution in [0.15, 0.2) is 28.8 Å². The number of phenolic OH excluding ortho intramolecular Hbond substituents is 1. The van der Waals surface area contributed by atoms with Gasteiger partial charge >= 0.3 is 6.01 Å². The fourth-order valence-electron chi connectivity index (χ4n) is 9.22. The molecule has 3 unspecified atom stereocenters. The summed E-state index contributed by atoms with van der Waals surface area (Å²) in [7, 11) is 1.41. The number of halogens is 2. The first kappa shape index (κ1) is 35.9. The molecule has 5 heterocycles. The van der Waals surface area contributed by atoms with Gasteiger partial charge < -0.3 is 29.1 Å². The zero-order chi connectivity index (χ0) is 37.9. The van der Waals surface area contributed by atoms with E-state index in [0.29, 0.717) is 37.2 Å². The maximum Gasteiger partial charge on any atom is 0.319 e. The van der Waals surface area contributed by atoms with E-state index in [0.717, 1.165) is 62.2 Å². The lowest BCUT2D eigenvalue weighted by Gasteiger charge is -2.46. The van der Waals surface area contributed by atoms with E-state index in [1.807, 2.05) is 18.7 Å². The van der Waals surface area contributed by atoms with E-state index in [-0.39, 0.29) is 68.8 Å². The molecule has 54 heavy (non-hydrogen) atoms. The third-order valence-electron chi connectivity index (χ3n) is 11.8. The zero-order valence-electron chi connectivity index (χ0n) is 31.0. The third kappa shape index (κ3) is 6.15. The number of likely N-dealkylation sites (tertiary alicyclic amines) is 1. The average molecular weight is 739 g/mol. The number of fused-ring (bicyclic) bond motifs is 3. The van der Waals surface area contributed by atoms with Crippen LogP contribution in [0.2, 0.25) is 0 Å². The Morgan fingerprint density at radius 3 is 2.59 bits per heavy atom. The first-order chi connectivity index (χ1) is 25.9. The molecule has 1 saturated carbocycles. The second kappa shape index (κ2) is 13.7. The molecule has 11 nitrogen and oxygen atoms in total. The van der Waals surface area contributed by atoms with Gasteiger partial charge in [-0.15, -0.1) is 6.42 Å². The van der Waals surface area contributed by atoms with Gasteiger partial charge in [0, 0.05) is 47.6 Å². The van der Waals surface area contributed by atoms with Gasteiger partial charge in [0.2, 0.25) is 5.88 Å². The molecule has 3 fully saturated rings. The first-order valence-corrected chi connectivity index (χ1v) is 18.6. The number of piperidine rings is 2. The number of benzene rings is 2. The number of aromatic nitrogens is 4. The summed E-state index contributed by atoms with van der Waals surface area (Å²) < 4.78 is 50.2. The number of methoxy groups -OCH3 is 1. The van der Waals surface area contributed by atoms with Gasteiger partial charge in [0.25, 0.3) is 0 Å². The van der Waals surface area contributed by atoms with E-state index in [1.54, 1.807) is 6.92 Å². The van der Waals surface area contributed by atoms with Gasteiger partial charge in [-0.05, 0) is 89.4 Å². The maximum absolute atomic E-state index is 17.3. The van der Waals surface area contributed by atoms with Gasteiger partial charge in [-0.2, -0.15) is 9.97 Å². The second-order valence-corrected chi connectivity index (χ2v) is 15.5. The van der Waals surface area contributed by atoms with Crippen LogP contribution in [-0.2, 0) is 6.54 Å². The predicted octanol–water partition coefficient (Wildman–Crippen LogP) is 6.99. The van der Waals surface area contributed by atoms with Gasteiger partial charge in [0.1, 0.15) is 39.7 Å².